The van der Waals surface area contributed by atoms with Crippen LogP contribution in [0.4, 0.5) is 11.5 Å². The van der Waals surface area contributed by atoms with Crippen molar-refractivity contribution in [3.63, 3.8) is 0 Å². The lowest BCUT2D eigenvalue weighted by atomic mass is 9.98. The Hall–Kier alpha value is -1.74. The number of piperidine rings is 1. The number of hydrogen-bond donors (Lipinski definition) is 1. The third kappa shape index (κ3) is 4.14. The Kier molecular flexibility index (Phi) is 4.97. The van der Waals surface area contributed by atoms with Crippen LogP contribution in [0.15, 0.2) is 12.3 Å². The molecule has 9 heteroatoms. The lowest BCUT2D eigenvalue weighted by molar-refractivity contribution is -0.385. The molecule has 1 aliphatic heterocycles. The third-order valence-corrected chi connectivity index (χ3v) is 5.18. The summed E-state index contributed by atoms with van der Waals surface area (Å²) in [6.45, 7) is 3.54. The van der Waals surface area contributed by atoms with Gasteiger partial charge in [0, 0.05) is 25.7 Å². The van der Waals surface area contributed by atoms with E-state index in [1.807, 2.05) is 0 Å². The largest absolute Gasteiger partial charge is 0.370 e. The van der Waals surface area contributed by atoms with Crippen LogP contribution in [0.3, 0.4) is 0 Å². The first-order valence-corrected chi connectivity index (χ1v) is 8.92. The van der Waals surface area contributed by atoms with E-state index in [1.165, 1.54) is 22.8 Å². The summed E-state index contributed by atoms with van der Waals surface area (Å²) in [5, 5.41) is 13.9. The smallest absolute Gasteiger partial charge is 0.287 e. The van der Waals surface area contributed by atoms with Crippen molar-refractivity contribution in [3.05, 3.63) is 27.9 Å². The maximum atomic E-state index is 11.4. The average molecular weight is 328 g/mol. The summed E-state index contributed by atoms with van der Waals surface area (Å²) in [4.78, 5) is 14.3. The van der Waals surface area contributed by atoms with Crippen molar-refractivity contribution >= 4 is 21.5 Å². The van der Waals surface area contributed by atoms with Crippen LogP contribution in [0.2, 0.25) is 0 Å². The molecule has 0 spiro atoms. The molecule has 0 aliphatic carbocycles. The number of aromatic nitrogens is 1. The number of nitro groups is 1. The Morgan fingerprint density at radius 2 is 2.09 bits per heavy atom. The topological polar surface area (TPSA) is 105 Å². The van der Waals surface area contributed by atoms with E-state index in [4.69, 9.17) is 0 Å². The highest BCUT2D eigenvalue weighted by Gasteiger charge is 2.24. The average Bonchev–Trinajstić information content (AvgIpc) is 2.45. The van der Waals surface area contributed by atoms with Gasteiger partial charge in [-0.1, -0.05) is 0 Å². The first kappa shape index (κ1) is 16.6. The predicted octanol–water partition coefficient (Wildman–Crippen LogP) is 1.38. The summed E-state index contributed by atoms with van der Waals surface area (Å²) in [7, 11) is -3.10. The Balaban J connectivity index is 1.88. The number of rotatable bonds is 5. The molecule has 0 saturated carbocycles. The number of anilines is 1. The molecule has 0 bridgehead atoms. The molecule has 1 aromatic heterocycles. The zero-order chi connectivity index (χ0) is 16.3. The summed E-state index contributed by atoms with van der Waals surface area (Å²) in [6.07, 6.45) is 4.07. The number of aryl methyl sites for hydroxylation is 1. The van der Waals surface area contributed by atoms with Gasteiger partial charge in [-0.25, -0.2) is 17.7 Å². The van der Waals surface area contributed by atoms with Gasteiger partial charge in [0.05, 0.1) is 11.2 Å². The van der Waals surface area contributed by atoms with E-state index in [1.54, 1.807) is 6.92 Å². The molecular weight excluding hydrogens is 308 g/mol. The molecule has 1 aromatic rings. The summed E-state index contributed by atoms with van der Waals surface area (Å²) < 4.78 is 24.4. The molecule has 2 heterocycles. The molecule has 1 saturated heterocycles. The van der Waals surface area contributed by atoms with Gasteiger partial charge < -0.3 is 5.32 Å². The first-order chi connectivity index (χ1) is 10.3. The summed E-state index contributed by atoms with van der Waals surface area (Å²) in [5.41, 5.74) is 0.701. The molecule has 0 radical (unpaired) electrons. The van der Waals surface area contributed by atoms with Crippen molar-refractivity contribution in [2.24, 2.45) is 5.92 Å². The standard InChI is InChI=1S/C13H20N4O4S/c1-10-7-12(17(18)19)9-15-13(10)14-8-11-3-5-16(6-4-11)22(2,20)21/h7,9,11H,3-6,8H2,1-2H3,(H,14,15). The minimum Gasteiger partial charge on any atom is -0.370 e. The van der Waals surface area contributed by atoms with Crippen LogP contribution in [0.5, 0.6) is 0 Å². The number of nitrogens with zero attached hydrogens (tertiary/aromatic N) is 3. The lowest BCUT2D eigenvalue weighted by Crippen LogP contribution is -2.39. The molecule has 122 valence electrons. The number of sulfonamides is 1. The first-order valence-electron chi connectivity index (χ1n) is 7.07. The van der Waals surface area contributed by atoms with Crippen molar-refractivity contribution in [2.45, 2.75) is 19.8 Å². The second-order valence-electron chi connectivity index (χ2n) is 5.60. The molecule has 1 fully saturated rings. The van der Waals surface area contributed by atoms with E-state index in [0.29, 0.717) is 31.4 Å². The van der Waals surface area contributed by atoms with Gasteiger partial charge >= 0.3 is 0 Å². The normalized spacial score (nSPS) is 17.4. The van der Waals surface area contributed by atoms with E-state index in [9.17, 15) is 18.5 Å². The maximum Gasteiger partial charge on any atom is 0.287 e. The van der Waals surface area contributed by atoms with E-state index < -0.39 is 14.9 Å². The summed E-state index contributed by atoms with van der Waals surface area (Å²) in [5.74, 6) is 1.01. The Bertz CT molecular complexity index is 654. The van der Waals surface area contributed by atoms with Gasteiger partial charge in [-0.15, -0.1) is 0 Å². The molecule has 0 amide bonds. The van der Waals surface area contributed by atoms with E-state index in [-0.39, 0.29) is 5.69 Å². The van der Waals surface area contributed by atoms with Gasteiger partial charge in [0.2, 0.25) is 10.0 Å². The fourth-order valence-corrected chi connectivity index (χ4v) is 3.41. The number of hydrogen-bond acceptors (Lipinski definition) is 6. The summed E-state index contributed by atoms with van der Waals surface area (Å²) in [6, 6.07) is 1.49. The maximum absolute atomic E-state index is 11.4. The fraction of sp³-hybridized carbons (Fsp3) is 0.615. The Morgan fingerprint density at radius 1 is 1.45 bits per heavy atom. The van der Waals surface area contributed by atoms with Crippen LogP contribution in [0.1, 0.15) is 18.4 Å². The predicted molar refractivity (Wildman–Crippen MR) is 83.3 cm³/mol. The van der Waals surface area contributed by atoms with Gasteiger partial charge in [0.1, 0.15) is 12.0 Å². The lowest BCUT2D eigenvalue weighted by Gasteiger charge is -2.30. The fourth-order valence-electron chi connectivity index (χ4n) is 2.53. The SMILES string of the molecule is Cc1cc([N+](=O)[O-])cnc1NCC1CCN(S(C)(=O)=O)CC1. The van der Waals surface area contributed by atoms with Crippen LogP contribution in [0, 0.1) is 23.0 Å². The Morgan fingerprint density at radius 3 is 2.59 bits per heavy atom. The van der Waals surface area contributed by atoms with Crippen molar-refractivity contribution < 1.29 is 13.3 Å². The third-order valence-electron chi connectivity index (χ3n) is 3.88. The molecule has 1 N–H and O–H groups in total. The monoisotopic (exact) mass is 328 g/mol. The quantitative estimate of drug-likeness (QED) is 0.646. The van der Waals surface area contributed by atoms with Gasteiger partial charge in [0.15, 0.2) is 0 Å². The minimum atomic E-state index is -3.10. The highest BCUT2D eigenvalue weighted by molar-refractivity contribution is 7.88. The van der Waals surface area contributed by atoms with E-state index in [2.05, 4.69) is 10.3 Å². The second-order valence-corrected chi connectivity index (χ2v) is 7.58. The minimum absolute atomic E-state index is 0.0236. The van der Waals surface area contributed by atoms with Crippen molar-refractivity contribution in [1.29, 1.82) is 0 Å². The summed E-state index contributed by atoms with van der Waals surface area (Å²) >= 11 is 0. The second kappa shape index (κ2) is 6.57. The Labute approximate surface area is 129 Å². The molecule has 22 heavy (non-hydrogen) atoms. The van der Waals surface area contributed by atoms with Gasteiger partial charge in [-0.3, -0.25) is 10.1 Å². The van der Waals surface area contributed by atoms with Crippen LogP contribution in [-0.2, 0) is 10.0 Å². The van der Waals surface area contributed by atoms with E-state index >= 15 is 0 Å². The molecule has 1 aliphatic rings. The number of pyridine rings is 1. The molecule has 2 rings (SSSR count). The molecule has 0 aromatic carbocycles. The van der Waals surface area contributed by atoms with Crippen LogP contribution < -0.4 is 5.32 Å². The van der Waals surface area contributed by atoms with Crippen molar-refractivity contribution in [2.75, 3.05) is 31.2 Å². The van der Waals surface area contributed by atoms with Crippen LogP contribution >= 0.6 is 0 Å². The van der Waals surface area contributed by atoms with Gasteiger partial charge in [-0.05, 0) is 31.2 Å². The van der Waals surface area contributed by atoms with Gasteiger partial charge in [0.25, 0.3) is 5.69 Å². The van der Waals surface area contributed by atoms with E-state index in [0.717, 1.165) is 18.4 Å². The van der Waals surface area contributed by atoms with Crippen LogP contribution in [-0.4, -0.2) is 48.5 Å². The highest BCUT2D eigenvalue weighted by atomic mass is 32.2. The van der Waals surface area contributed by atoms with Crippen molar-refractivity contribution in [1.82, 2.24) is 9.29 Å². The number of nitrogens with one attached hydrogen (secondary N) is 1. The molecule has 8 nitrogen and oxygen atoms in total. The van der Waals surface area contributed by atoms with Crippen LogP contribution in [0.25, 0.3) is 0 Å². The van der Waals surface area contributed by atoms with Crippen molar-refractivity contribution in [3.8, 4) is 0 Å². The van der Waals surface area contributed by atoms with Gasteiger partial charge in [-0.2, -0.15) is 0 Å². The molecule has 0 unspecified atom stereocenters. The molecular formula is C13H20N4O4S. The highest BCUT2D eigenvalue weighted by Crippen LogP contribution is 2.22. The molecule has 0 atom stereocenters. The zero-order valence-electron chi connectivity index (χ0n) is 12.7. The zero-order valence-corrected chi connectivity index (χ0v) is 13.5.